The van der Waals surface area contributed by atoms with Crippen molar-refractivity contribution in [2.75, 3.05) is 12.3 Å². The van der Waals surface area contributed by atoms with Crippen molar-refractivity contribution in [3.8, 4) is 0 Å². The second-order valence-electron chi connectivity index (χ2n) is 4.13. The Hall–Kier alpha value is -1.62. The van der Waals surface area contributed by atoms with Crippen molar-refractivity contribution in [2.45, 2.75) is 25.5 Å². The Labute approximate surface area is 93.2 Å². The minimum Gasteiger partial charge on any atom is -0.399 e. The molecule has 0 aliphatic heterocycles. The number of anilines is 1. The number of ether oxygens (including phenoxy) is 1. The maximum Gasteiger partial charge on any atom is 0.115 e. The van der Waals surface area contributed by atoms with E-state index in [1.807, 2.05) is 22.9 Å². The smallest absolute Gasteiger partial charge is 0.115 e. The highest BCUT2D eigenvalue weighted by Crippen LogP contribution is 2.23. The highest BCUT2D eigenvalue weighted by molar-refractivity contribution is 5.77. The summed E-state index contributed by atoms with van der Waals surface area (Å²) in [6, 6.07) is 5.65. The summed E-state index contributed by atoms with van der Waals surface area (Å²) in [4.78, 5) is 0. The van der Waals surface area contributed by atoms with Crippen LogP contribution in [0.25, 0.3) is 11.0 Å². The molecule has 84 valence electrons. The van der Waals surface area contributed by atoms with E-state index in [0.717, 1.165) is 17.6 Å². The number of benzene rings is 1. The molecule has 5 heteroatoms. The van der Waals surface area contributed by atoms with Crippen molar-refractivity contribution in [1.29, 1.82) is 0 Å². The summed E-state index contributed by atoms with van der Waals surface area (Å²) < 4.78 is 7.44. The van der Waals surface area contributed by atoms with Crippen molar-refractivity contribution in [2.24, 2.45) is 0 Å². The maximum atomic E-state index is 5.68. The van der Waals surface area contributed by atoms with E-state index in [0.29, 0.717) is 18.4 Å². The third-order valence-corrected chi connectivity index (χ3v) is 2.72. The van der Waals surface area contributed by atoms with Crippen LogP contribution in [0.2, 0.25) is 0 Å². The lowest BCUT2D eigenvalue weighted by molar-refractivity contribution is 0.110. The number of hydrogen-bond acceptors (Lipinski definition) is 4. The molecule has 1 aromatic carbocycles. The highest BCUT2D eigenvalue weighted by atomic mass is 16.5. The second kappa shape index (κ2) is 3.75. The molecule has 1 fully saturated rings. The molecule has 0 bridgehead atoms. The number of aromatic nitrogens is 3. The average Bonchev–Trinajstić information content (AvgIpc) is 3.00. The van der Waals surface area contributed by atoms with Crippen LogP contribution in [0.15, 0.2) is 18.2 Å². The molecule has 1 aromatic heterocycles. The second-order valence-corrected chi connectivity index (χ2v) is 4.13. The van der Waals surface area contributed by atoms with E-state index in [1.54, 1.807) is 0 Å². The largest absolute Gasteiger partial charge is 0.399 e. The molecule has 0 amide bonds. The van der Waals surface area contributed by atoms with Crippen molar-refractivity contribution in [3.63, 3.8) is 0 Å². The van der Waals surface area contributed by atoms with Gasteiger partial charge in [0.2, 0.25) is 0 Å². The monoisotopic (exact) mass is 218 g/mol. The van der Waals surface area contributed by atoms with E-state index >= 15 is 0 Å². The molecule has 0 unspecified atom stereocenters. The fourth-order valence-corrected chi connectivity index (χ4v) is 1.69. The molecule has 1 aliphatic rings. The van der Waals surface area contributed by atoms with Gasteiger partial charge >= 0.3 is 0 Å². The summed E-state index contributed by atoms with van der Waals surface area (Å²) in [7, 11) is 0. The van der Waals surface area contributed by atoms with Gasteiger partial charge in [0.1, 0.15) is 5.52 Å². The Kier molecular flexibility index (Phi) is 2.25. The van der Waals surface area contributed by atoms with E-state index in [2.05, 4.69) is 10.3 Å². The van der Waals surface area contributed by atoms with E-state index in [-0.39, 0.29) is 0 Å². The molecule has 0 spiro atoms. The molecular formula is C11H14N4O. The first-order valence-corrected chi connectivity index (χ1v) is 5.53. The van der Waals surface area contributed by atoms with Gasteiger partial charge in [0.15, 0.2) is 0 Å². The van der Waals surface area contributed by atoms with E-state index < -0.39 is 0 Å². The molecule has 1 heterocycles. The van der Waals surface area contributed by atoms with Gasteiger partial charge in [-0.2, -0.15) is 0 Å². The van der Waals surface area contributed by atoms with Crippen molar-refractivity contribution < 1.29 is 4.74 Å². The van der Waals surface area contributed by atoms with E-state index in [1.165, 1.54) is 12.8 Å². The van der Waals surface area contributed by atoms with Crippen LogP contribution >= 0.6 is 0 Å². The fourth-order valence-electron chi connectivity index (χ4n) is 1.69. The van der Waals surface area contributed by atoms with Crippen LogP contribution < -0.4 is 5.73 Å². The van der Waals surface area contributed by atoms with Gasteiger partial charge in [-0.15, -0.1) is 5.10 Å². The van der Waals surface area contributed by atoms with Crippen LogP contribution in [0.5, 0.6) is 0 Å². The molecule has 2 aromatic rings. The van der Waals surface area contributed by atoms with Crippen molar-refractivity contribution in [1.82, 2.24) is 15.0 Å². The Bertz CT molecular complexity index is 504. The maximum absolute atomic E-state index is 5.68. The number of nitrogens with zero attached hydrogens (tertiary/aromatic N) is 3. The quantitative estimate of drug-likeness (QED) is 0.783. The Morgan fingerprint density at radius 3 is 3.12 bits per heavy atom. The molecule has 0 atom stereocenters. The van der Waals surface area contributed by atoms with Crippen molar-refractivity contribution >= 4 is 16.7 Å². The van der Waals surface area contributed by atoms with Crippen LogP contribution in [0.4, 0.5) is 5.69 Å². The van der Waals surface area contributed by atoms with E-state index in [4.69, 9.17) is 10.5 Å². The standard InChI is InChI=1S/C11H14N4O/c12-8-1-4-11-10(7-8)13-14-15(11)5-6-16-9-2-3-9/h1,4,7,9H,2-3,5-6,12H2. The lowest BCUT2D eigenvalue weighted by Gasteiger charge is -2.03. The Morgan fingerprint density at radius 1 is 1.44 bits per heavy atom. The predicted molar refractivity (Wildman–Crippen MR) is 60.9 cm³/mol. The zero-order chi connectivity index (χ0) is 11.0. The molecule has 3 rings (SSSR count). The number of nitrogens with two attached hydrogens (primary N) is 1. The molecule has 0 saturated heterocycles. The highest BCUT2D eigenvalue weighted by Gasteiger charge is 2.21. The normalized spacial score (nSPS) is 15.8. The van der Waals surface area contributed by atoms with E-state index in [9.17, 15) is 0 Å². The summed E-state index contributed by atoms with van der Waals surface area (Å²) in [6.07, 6.45) is 2.90. The molecule has 0 radical (unpaired) electrons. The molecule has 16 heavy (non-hydrogen) atoms. The molecular weight excluding hydrogens is 204 g/mol. The van der Waals surface area contributed by atoms with Crippen LogP contribution in [-0.2, 0) is 11.3 Å². The van der Waals surface area contributed by atoms with Crippen LogP contribution in [0, 0.1) is 0 Å². The Balaban J connectivity index is 1.75. The van der Waals surface area contributed by atoms with Gasteiger partial charge in [-0.25, -0.2) is 4.68 Å². The predicted octanol–water partition coefficient (Wildman–Crippen LogP) is 1.19. The van der Waals surface area contributed by atoms with Gasteiger partial charge in [-0.3, -0.25) is 0 Å². The number of fused-ring (bicyclic) bond motifs is 1. The van der Waals surface area contributed by atoms with Crippen molar-refractivity contribution in [3.05, 3.63) is 18.2 Å². The first-order chi connectivity index (χ1) is 7.83. The number of rotatable bonds is 4. The molecule has 2 N–H and O–H groups in total. The lowest BCUT2D eigenvalue weighted by atomic mass is 10.3. The first kappa shape index (κ1) is 9.59. The SMILES string of the molecule is Nc1ccc2c(c1)nnn2CCOC1CC1. The third kappa shape index (κ3) is 1.86. The van der Waals surface area contributed by atoms with Gasteiger partial charge < -0.3 is 10.5 Å². The Morgan fingerprint density at radius 2 is 2.31 bits per heavy atom. The lowest BCUT2D eigenvalue weighted by Crippen LogP contribution is -2.08. The third-order valence-electron chi connectivity index (χ3n) is 2.72. The van der Waals surface area contributed by atoms with Gasteiger partial charge in [0.25, 0.3) is 0 Å². The molecule has 1 saturated carbocycles. The van der Waals surface area contributed by atoms with Crippen LogP contribution in [0.1, 0.15) is 12.8 Å². The zero-order valence-corrected chi connectivity index (χ0v) is 8.97. The van der Waals surface area contributed by atoms with Gasteiger partial charge in [0, 0.05) is 5.69 Å². The fraction of sp³-hybridized carbons (Fsp3) is 0.455. The minimum atomic E-state index is 0.491. The van der Waals surface area contributed by atoms with Gasteiger partial charge in [0.05, 0.1) is 24.8 Å². The van der Waals surface area contributed by atoms with Crippen LogP contribution in [-0.4, -0.2) is 27.7 Å². The van der Waals surface area contributed by atoms with Gasteiger partial charge in [-0.1, -0.05) is 5.21 Å². The number of hydrogen-bond donors (Lipinski definition) is 1. The molecule has 1 aliphatic carbocycles. The summed E-state index contributed by atoms with van der Waals surface area (Å²) >= 11 is 0. The summed E-state index contributed by atoms with van der Waals surface area (Å²) in [5.74, 6) is 0. The first-order valence-electron chi connectivity index (χ1n) is 5.53. The zero-order valence-electron chi connectivity index (χ0n) is 8.97. The topological polar surface area (TPSA) is 66.0 Å². The molecule has 5 nitrogen and oxygen atoms in total. The van der Waals surface area contributed by atoms with Gasteiger partial charge in [-0.05, 0) is 31.0 Å². The summed E-state index contributed by atoms with van der Waals surface area (Å²) in [6.45, 7) is 1.45. The van der Waals surface area contributed by atoms with Crippen LogP contribution in [0.3, 0.4) is 0 Å². The number of nitrogen functional groups attached to an aromatic ring is 1. The summed E-state index contributed by atoms with van der Waals surface area (Å²) in [5.41, 5.74) is 8.24. The summed E-state index contributed by atoms with van der Waals surface area (Å²) in [5, 5.41) is 8.16. The minimum absolute atomic E-state index is 0.491. The average molecular weight is 218 g/mol.